The number of halogens is 1. The minimum atomic E-state index is -0.163. The molecule has 0 N–H and O–H groups in total. The average molecular weight is 221 g/mol. The molecule has 0 amide bonds. The van der Waals surface area contributed by atoms with Gasteiger partial charge in [-0.25, -0.2) is 0 Å². The Bertz CT molecular complexity index is 165. The number of ether oxygens (including phenoxy) is 1. The van der Waals surface area contributed by atoms with Crippen LogP contribution in [-0.4, -0.2) is 22.8 Å². The lowest BCUT2D eigenvalue weighted by Crippen LogP contribution is -2.26. The number of carbonyl (C=O) groups excluding carboxylic acids is 1. The van der Waals surface area contributed by atoms with Crippen molar-refractivity contribution >= 4 is 21.7 Å². The summed E-state index contributed by atoms with van der Waals surface area (Å²) in [6.45, 7) is 4.04. The highest BCUT2D eigenvalue weighted by molar-refractivity contribution is 9.09. The van der Waals surface area contributed by atoms with Gasteiger partial charge in [0.2, 0.25) is 0 Å². The Morgan fingerprint density at radius 2 is 2.36 bits per heavy atom. The Morgan fingerprint density at radius 1 is 1.73 bits per heavy atom. The van der Waals surface area contributed by atoms with Crippen LogP contribution in [-0.2, 0) is 9.53 Å². The zero-order valence-electron chi connectivity index (χ0n) is 6.89. The summed E-state index contributed by atoms with van der Waals surface area (Å²) in [4.78, 5) is 11.1. The first kappa shape index (κ1) is 9.20. The molecule has 0 bridgehead atoms. The molecule has 1 fully saturated rings. The SMILES string of the molecule is CC1(C)CC[C@@H](C(=O)CBr)O1. The van der Waals surface area contributed by atoms with Crippen LogP contribution in [0.15, 0.2) is 0 Å². The maximum atomic E-state index is 11.1. The van der Waals surface area contributed by atoms with E-state index in [2.05, 4.69) is 15.9 Å². The van der Waals surface area contributed by atoms with Crippen LogP contribution < -0.4 is 0 Å². The molecule has 0 spiro atoms. The smallest absolute Gasteiger partial charge is 0.172 e. The quantitative estimate of drug-likeness (QED) is 0.665. The topological polar surface area (TPSA) is 26.3 Å². The molecule has 0 aromatic carbocycles. The van der Waals surface area contributed by atoms with Crippen LogP contribution >= 0.6 is 15.9 Å². The van der Waals surface area contributed by atoms with Crippen LogP contribution in [0.5, 0.6) is 0 Å². The Balaban J connectivity index is 2.48. The number of hydrogen-bond donors (Lipinski definition) is 0. The van der Waals surface area contributed by atoms with Gasteiger partial charge in [0.05, 0.1) is 10.9 Å². The Hall–Kier alpha value is 0.110. The van der Waals surface area contributed by atoms with E-state index < -0.39 is 0 Å². The molecule has 0 aromatic rings. The molecule has 0 unspecified atom stereocenters. The molecule has 1 aliphatic rings. The number of alkyl halides is 1. The number of Topliss-reactive ketones (excluding diaryl/α,β-unsaturated/α-hetero) is 1. The van der Waals surface area contributed by atoms with Gasteiger partial charge in [-0.1, -0.05) is 15.9 Å². The predicted molar refractivity (Wildman–Crippen MR) is 47.0 cm³/mol. The minimum Gasteiger partial charge on any atom is -0.365 e. The lowest BCUT2D eigenvalue weighted by atomic mass is 10.0. The molecular weight excluding hydrogens is 208 g/mol. The molecule has 0 saturated carbocycles. The standard InChI is InChI=1S/C8H13BrO2/c1-8(2)4-3-7(11-8)6(10)5-9/h7H,3-5H2,1-2H3/t7-/m0/s1. The van der Waals surface area contributed by atoms with E-state index in [9.17, 15) is 4.79 Å². The van der Waals surface area contributed by atoms with Gasteiger partial charge in [0.1, 0.15) is 6.10 Å². The minimum absolute atomic E-state index is 0.0947. The zero-order valence-corrected chi connectivity index (χ0v) is 8.48. The first-order valence-electron chi connectivity index (χ1n) is 3.82. The summed E-state index contributed by atoms with van der Waals surface area (Å²) >= 11 is 3.13. The molecule has 3 heteroatoms. The monoisotopic (exact) mass is 220 g/mol. The predicted octanol–water partition coefficient (Wildman–Crippen LogP) is 1.91. The molecule has 0 radical (unpaired) electrons. The van der Waals surface area contributed by atoms with Crippen LogP contribution in [0.1, 0.15) is 26.7 Å². The van der Waals surface area contributed by atoms with E-state index in [1.165, 1.54) is 0 Å². The summed E-state index contributed by atoms with van der Waals surface area (Å²) in [6, 6.07) is 0. The van der Waals surface area contributed by atoms with Gasteiger partial charge < -0.3 is 4.74 Å². The van der Waals surface area contributed by atoms with Crippen molar-refractivity contribution in [3.63, 3.8) is 0 Å². The van der Waals surface area contributed by atoms with E-state index in [0.717, 1.165) is 12.8 Å². The van der Waals surface area contributed by atoms with Gasteiger partial charge in [-0.05, 0) is 26.7 Å². The molecule has 1 rings (SSSR count). The van der Waals surface area contributed by atoms with E-state index in [0.29, 0.717) is 5.33 Å². The third-order valence-corrected chi connectivity index (χ3v) is 2.51. The highest BCUT2D eigenvalue weighted by Gasteiger charge is 2.34. The fourth-order valence-electron chi connectivity index (χ4n) is 1.29. The lowest BCUT2D eigenvalue weighted by Gasteiger charge is -2.17. The van der Waals surface area contributed by atoms with Gasteiger partial charge in [0, 0.05) is 0 Å². The maximum absolute atomic E-state index is 11.1. The van der Waals surface area contributed by atoms with E-state index in [1.807, 2.05) is 13.8 Å². The fraction of sp³-hybridized carbons (Fsp3) is 0.875. The van der Waals surface area contributed by atoms with Crippen LogP contribution in [0, 0.1) is 0 Å². The summed E-state index contributed by atoms with van der Waals surface area (Å²) in [5.74, 6) is 0.163. The first-order chi connectivity index (χ1) is 5.05. The Morgan fingerprint density at radius 3 is 2.73 bits per heavy atom. The van der Waals surface area contributed by atoms with Crippen molar-refractivity contribution < 1.29 is 9.53 Å². The largest absolute Gasteiger partial charge is 0.365 e. The molecule has 64 valence electrons. The molecule has 2 nitrogen and oxygen atoms in total. The average Bonchev–Trinajstić information content (AvgIpc) is 2.29. The van der Waals surface area contributed by atoms with Gasteiger partial charge in [-0.2, -0.15) is 0 Å². The van der Waals surface area contributed by atoms with Crippen LogP contribution in [0.25, 0.3) is 0 Å². The molecular formula is C8H13BrO2. The second-order valence-electron chi connectivity index (χ2n) is 3.50. The summed E-state index contributed by atoms with van der Waals surface area (Å²) in [7, 11) is 0. The molecule has 1 heterocycles. The number of carbonyl (C=O) groups is 1. The van der Waals surface area contributed by atoms with Crippen molar-refractivity contribution in [2.24, 2.45) is 0 Å². The Kier molecular flexibility index (Phi) is 2.70. The molecule has 11 heavy (non-hydrogen) atoms. The van der Waals surface area contributed by atoms with Gasteiger partial charge >= 0.3 is 0 Å². The lowest BCUT2D eigenvalue weighted by molar-refractivity contribution is -0.130. The number of hydrogen-bond acceptors (Lipinski definition) is 2. The van der Waals surface area contributed by atoms with Crippen LogP contribution in [0.2, 0.25) is 0 Å². The first-order valence-corrected chi connectivity index (χ1v) is 4.94. The summed E-state index contributed by atoms with van der Waals surface area (Å²) in [6.07, 6.45) is 1.69. The third-order valence-electron chi connectivity index (χ3n) is 1.96. The third kappa shape index (κ3) is 2.27. The molecule has 0 aromatic heterocycles. The normalized spacial score (nSPS) is 28.8. The van der Waals surface area contributed by atoms with Crippen molar-refractivity contribution in [3.05, 3.63) is 0 Å². The molecule has 1 atom stereocenters. The number of ketones is 1. The van der Waals surface area contributed by atoms with Gasteiger partial charge in [0.25, 0.3) is 0 Å². The fourth-order valence-corrected chi connectivity index (χ4v) is 1.66. The van der Waals surface area contributed by atoms with E-state index in [1.54, 1.807) is 0 Å². The molecule has 1 aliphatic heterocycles. The van der Waals surface area contributed by atoms with Gasteiger partial charge in [-0.3, -0.25) is 4.79 Å². The second-order valence-corrected chi connectivity index (χ2v) is 4.07. The highest BCUT2D eigenvalue weighted by Crippen LogP contribution is 2.29. The van der Waals surface area contributed by atoms with Crippen molar-refractivity contribution in [3.8, 4) is 0 Å². The van der Waals surface area contributed by atoms with Gasteiger partial charge in [0.15, 0.2) is 5.78 Å². The van der Waals surface area contributed by atoms with Gasteiger partial charge in [-0.15, -0.1) is 0 Å². The summed E-state index contributed by atoms with van der Waals surface area (Å²) in [5.41, 5.74) is -0.0947. The van der Waals surface area contributed by atoms with Crippen molar-refractivity contribution in [2.45, 2.75) is 38.4 Å². The number of rotatable bonds is 2. The van der Waals surface area contributed by atoms with Crippen molar-refractivity contribution in [2.75, 3.05) is 5.33 Å². The summed E-state index contributed by atoms with van der Waals surface area (Å²) in [5, 5.41) is 0.410. The zero-order chi connectivity index (χ0) is 8.48. The summed E-state index contributed by atoms with van der Waals surface area (Å²) < 4.78 is 5.52. The molecule has 0 aliphatic carbocycles. The van der Waals surface area contributed by atoms with E-state index >= 15 is 0 Å². The highest BCUT2D eigenvalue weighted by atomic mass is 79.9. The van der Waals surface area contributed by atoms with Crippen LogP contribution in [0.4, 0.5) is 0 Å². The second kappa shape index (κ2) is 3.23. The van der Waals surface area contributed by atoms with Crippen LogP contribution in [0.3, 0.4) is 0 Å². The van der Waals surface area contributed by atoms with Crippen molar-refractivity contribution in [1.29, 1.82) is 0 Å². The van der Waals surface area contributed by atoms with E-state index in [-0.39, 0.29) is 17.5 Å². The van der Waals surface area contributed by atoms with E-state index in [4.69, 9.17) is 4.74 Å². The molecule has 1 saturated heterocycles. The Labute approximate surface area is 75.4 Å². The maximum Gasteiger partial charge on any atom is 0.172 e. The van der Waals surface area contributed by atoms with Crippen molar-refractivity contribution in [1.82, 2.24) is 0 Å².